The molecule has 0 amide bonds. The highest BCUT2D eigenvalue weighted by atomic mass is 32.1. The van der Waals surface area contributed by atoms with Crippen molar-refractivity contribution in [1.82, 2.24) is 9.88 Å². The van der Waals surface area contributed by atoms with Gasteiger partial charge in [-0.05, 0) is 32.0 Å². The Morgan fingerprint density at radius 2 is 2.26 bits per heavy atom. The summed E-state index contributed by atoms with van der Waals surface area (Å²) in [6.45, 7) is 1.91. The lowest BCUT2D eigenvalue weighted by Crippen LogP contribution is -2.33. The molecule has 1 saturated carbocycles. The van der Waals surface area contributed by atoms with Gasteiger partial charge in [0.25, 0.3) is 0 Å². The number of thiocarbonyl (C=S) groups is 1. The lowest BCUT2D eigenvalue weighted by Gasteiger charge is -2.24. The highest BCUT2D eigenvalue weighted by molar-refractivity contribution is 7.80. The van der Waals surface area contributed by atoms with Crippen molar-refractivity contribution in [3.63, 3.8) is 0 Å². The van der Waals surface area contributed by atoms with Crippen LogP contribution in [0.1, 0.15) is 31.4 Å². The Labute approximate surface area is 120 Å². The first-order valence-corrected chi connectivity index (χ1v) is 7.28. The summed E-state index contributed by atoms with van der Waals surface area (Å²) >= 11 is 5.00. The van der Waals surface area contributed by atoms with E-state index >= 15 is 0 Å². The average molecular weight is 278 g/mol. The van der Waals surface area contributed by atoms with Crippen molar-refractivity contribution in [3.8, 4) is 0 Å². The summed E-state index contributed by atoms with van der Waals surface area (Å²) in [6.07, 6.45) is 7.13. The van der Waals surface area contributed by atoms with Crippen LogP contribution in [0.4, 0.5) is 5.69 Å². The minimum absolute atomic E-state index is 0.340. The summed E-state index contributed by atoms with van der Waals surface area (Å²) in [7, 11) is 2.20. The van der Waals surface area contributed by atoms with Gasteiger partial charge in [-0.1, -0.05) is 25.1 Å². The van der Waals surface area contributed by atoms with E-state index in [0.29, 0.717) is 10.7 Å². The van der Waals surface area contributed by atoms with Gasteiger partial charge in [-0.3, -0.25) is 4.98 Å². The minimum atomic E-state index is 0.340. The van der Waals surface area contributed by atoms with Crippen LogP contribution in [0.25, 0.3) is 0 Å². The van der Waals surface area contributed by atoms with Gasteiger partial charge in [0.1, 0.15) is 10.7 Å². The topological polar surface area (TPSA) is 54.2 Å². The molecule has 3 N–H and O–H groups in total. The second-order valence-corrected chi connectivity index (χ2v) is 5.55. The second kappa shape index (κ2) is 6.82. The van der Waals surface area contributed by atoms with Crippen LogP contribution in [-0.2, 0) is 0 Å². The highest BCUT2D eigenvalue weighted by Gasteiger charge is 2.18. The normalized spacial score (nSPS) is 15.9. The number of pyridine rings is 1. The number of nitrogens with two attached hydrogens (primary N) is 1. The molecule has 0 unspecified atom stereocenters. The van der Waals surface area contributed by atoms with E-state index in [-0.39, 0.29) is 0 Å². The molecule has 1 aromatic rings. The molecule has 0 saturated heterocycles. The Balaban J connectivity index is 1.83. The second-order valence-electron chi connectivity index (χ2n) is 5.11. The van der Waals surface area contributed by atoms with Crippen LogP contribution in [0.15, 0.2) is 18.3 Å². The van der Waals surface area contributed by atoms with Crippen molar-refractivity contribution in [2.45, 2.75) is 31.7 Å². The van der Waals surface area contributed by atoms with E-state index in [1.54, 1.807) is 6.20 Å². The monoisotopic (exact) mass is 278 g/mol. The first-order valence-electron chi connectivity index (χ1n) is 6.87. The Hall–Kier alpha value is -1.20. The number of rotatable bonds is 6. The molecule has 0 atom stereocenters. The molecule has 0 aliphatic heterocycles. The van der Waals surface area contributed by atoms with E-state index in [0.717, 1.165) is 24.8 Å². The predicted octanol–water partition coefficient (Wildman–Crippen LogP) is 2.00. The predicted molar refractivity (Wildman–Crippen MR) is 83.5 cm³/mol. The molecule has 4 nitrogen and oxygen atoms in total. The number of anilines is 1. The average Bonchev–Trinajstić information content (AvgIpc) is 2.93. The standard InChI is InChI=1S/C14H22N4S/c1-18(11-5-2-3-6-11)10-9-16-12-7-4-8-17-13(12)14(15)19/h4,7-8,11,16H,2-3,5-6,9-10H2,1H3,(H2,15,19). The van der Waals surface area contributed by atoms with E-state index in [2.05, 4.69) is 22.2 Å². The molecule has 1 fully saturated rings. The molecule has 0 aromatic carbocycles. The maximum absolute atomic E-state index is 5.66. The molecule has 19 heavy (non-hydrogen) atoms. The zero-order chi connectivity index (χ0) is 13.7. The Bertz CT molecular complexity index is 429. The number of aromatic nitrogens is 1. The van der Waals surface area contributed by atoms with Crippen LogP contribution in [0.2, 0.25) is 0 Å². The zero-order valence-electron chi connectivity index (χ0n) is 11.4. The summed E-state index contributed by atoms with van der Waals surface area (Å²) in [6, 6.07) is 4.62. The molecule has 5 heteroatoms. The number of hydrogen-bond acceptors (Lipinski definition) is 4. The fourth-order valence-corrected chi connectivity index (χ4v) is 2.80. The molecular formula is C14H22N4S. The minimum Gasteiger partial charge on any atom is -0.388 e. The van der Waals surface area contributed by atoms with Crippen LogP contribution in [0, 0.1) is 0 Å². The molecule has 1 aromatic heterocycles. The fourth-order valence-electron chi connectivity index (χ4n) is 2.64. The Morgan fingerprint density at radius 1 is 1.53 bits per heavy atom. The van der Waals surface area contributed by atoms with Crippen LogP contribution in [0.3, 0.4) is 0 Å². The van der Waals surface area contributed by atoms with Crippen LogP contribution < -0.4 is 11.1 Å². The molecule has 0 radical (unpaired) electrons. The number of nitrogens with one attached hydrogen (secondary N) is 1. The maximum Gasteiger partial charge on any atom is 0.124 e. The van der Waals surface area contributed by atoms with E-state index in [1.807, 2.05) is 12.1 Å². The summed E-state index contributed by atoms with van der Waals surface area (Å²) in [5.74, 6) is 0. The third-order valence-electron chi connectivity index (χ3n) is 3.77. The zero-order valence-corrected chi connectivity index (χ0v) is 12.2. The molecule has 1 aliphatic carbocycles. The largest absolute Gasteiger partial charge is 0.388 e. The van der Waals surface area contributed by atoms with Gasteiger partial charge in [0.15, 0.2) is 0 Å². The quantitative estimate of drug-likeness (QED) is 0.780. The van der Waals surface area contributed by atoms with E-state index < -0.39 is 0 Å². The van der Waals surface area contributed by atoms with Crippen molar-refractivity contribution in [2.24, 2.45) is 5.73 Å². The van der Waals surface area contributed by atoms with Crippen LogP contribution >= 0.6 is 12.2 Å². The third kappa shape index (κ3) is 3.88. The first kappa shape index (κ1) is 14.2. The molecule has 0 spiro atoms. The SMILES string of the molecule is CN(CCNc1cccnc1C(N)=S)C1CCCC1. The van der Waals surface area contributed by atoms with E-state index in [9.17, 15) is 0 Å². The molecular weight excluding hydrogens is 256 g/mol. The van der Waals surface area contributed by atoms with Gasteiger partial charge in [0.2, 0.25) is 0 Å². The molecule has 1 heterocycles. The van der Waals surface area contributed by atoms with Gasteiger partial charge >= 0.3 is 0 Å². The van der Waals surface area contributed by atoms with Gasteiger partial charge in [-0.25, -0.2) is 0 Å². The molecule has 0 bridgehead atoms. The molecule has 1 aliphatic rings. The summed E-state index contributed by atoms with van der Waals surface area (Å²) in [4.78, 5) is 6.99. The summed E-state index contributed by atoms with van der Waals surface area (Å²) in [5, 5.41) is 3.38. The molecule has 104 valence electrons. The number of likely N-dealkylation sites (N-methyl/N-ethyl adjacent to an activating group) is 1. The van der Waals surface area contributed by atoms with Crippen molar-refractivity contribution >= 4 is 22.9 Å². The molecule has 2 rings (SSSR count). The van der Waals surface area contributed by atoms with Crippen molar-refractivity contribution < 1.29 is 0 Å². The van der Waals surface area contributed by atoms with E-state index in [1.165, 1.54) is 25.7 Å². The van der Waals surface area contributed by atoms with Crippen LogP contribution in [0.5, 0.6) is 0 Å². The van der Waals surface area contributed by atoms with Crippen LogP contribution in [-0.4, -0.2) is 41.1 Å². The Morgan fingerprint density at radius 3 is 2.95 bits per heavy atom. The van der Waals surface area contributed by atoms with Gasteiger partial charge in [0, 0.05) is 25.3 Å². The summed E-state index contributed by atoms with van der Waals surface area (Å²) < 4.78 is 0. The number of nitrogens with zero attached hydrogens (tertiary/aromatic N) is 2. The summed E-state index contributed by atoms with van der Waals surface area (Å²) in [5.41, 5.74) is 7.27. The first-order chi connectivity index (χ1) is 9.18. The smallest absolute Gasteiger partial charge is 0.124 e. The maximum atomic E-state index is 5.66. The van der Waals surface area contributed by atoms with Crippen molar-refractivity contribution in [2.75, 3.05) is 25.5 Å². The lowest BCUT2D eigenvalue weighted by molar-refractivity contribution is 0.254. The Kier molecular flexibility index (Phi) is 5.10. The van der Waals surface area contributed by atoms with Gasteiger partial charge in [-0.15, -0.1) is 0 Å². The number of hydrogen-bond donors (Lipinski definition) is 2. The van der Waals surface area contributed by atoms with Crippen molar-refractivity contribution in [3.05, 3.63) is 24.0 Å². The fraction of sp³-hybridized carbons (Fsp3) is 0.571. The van der Waals surface area contributed by atoms with Gasteiger partial charge < -0.3 is 16.0 Å². The van der Waals surface area contributed by atoms with E-state index in [4.69, 9.17) is 18.0 Å². The van der Waals surface area contributed by atoms with Gasteiger partial charge in [0.05, 0.1) is 5.69 Å². The van der Waals surface area contributed by atoms with Gasteiger partial charge in [-0.2, -0.15) is 0 Å². The third-order valence-corrected chi connectivity index (χ3v) is 3.96. The van der Waals surface area contributed by atoms with Crippen molar-refractivity contribution in [1.29, 1.82) is 0 Å². The highest BCUT2D eigenvalue weighted by Crippen LogP contribution is 2.22. The lowest BCUT2D eigenvalue weighted by atomic mass is 10.2.